The molecule has 0 heterocycles. The van der Waals surface area contributed by atoms with Crippen molar-refractivity contribution < 1.29 is 10.2 Å². The molecule has 0 amide bonds. The number of aliphatic hydroxyl groups excluding tert-OH is 2. The van der Waals surface area contributed by atoms with Gasteiger partial charge in [0.15, 0.2) is 0 Å². The minimum absolute atomic E-state index is 0.0159. The second-order valence-electron chi connectivity index (χ2n) is 10.2. The fourth-order valence-electron chi connectivity index (χ4n) is 7.96. The van der Waals surface area contributed by atoms with Crippen LogP contribution in [-0.2, 0) is 0 Å². The summed E-state index contributed by atoms with van der Waals surface area (Å²) in [5.74, 6) is 1.94. The van der Waals surface area contributed by atoms with E-state index in [4.69, 9.17) is 7.85 Å². The van der Waals surface area contributed by atoms with Gasteiger partial charge >= 0.3 is 0 Å². The van der Waals surface area contributed by atoms with Crippen LogP contribution in [0.25, 0.3) is 0 Å². The molecule has 9 atom stereocenters. The van der Waals surface area contributed by atoms with Gasteiger partial charge in [-0.2, -0.15) is 0 Å². The summed E-state index contributed by atoms with van der Waals surface area (Å²) in [4.78, 5) is 0. The number of rotatable bonds is 0. The molecule has 2 N–H and O–H groups in total. The maximum atomic E-state index is 10.7. The molecule has 128 valence electrons. The van der Waals surface area contributed by atoms with Crippen molar-refractivity contribution in [1.82, 2.24) is 0 Å². The standard InChI is InChI=1S/C20H33BO2/c1-18-8-5-13(22)10-12(18)4-7-19(2)15(18)6-9-20(3)16(19)11-14(21)17(20)23/h12-17,22-23H,4-11H2,1-3H3/t12-,13-,14+,15+,16-,17?,18-,19+,20-/m0/s1. The first-order valence-electron chi connectivity index (χ1n) is 9.83. The Morgan fingerprint density at radius 1 is 0.783 bits per heavy atom. The van der Waals surface area contributed by atoms with Crippen LogP contribution >= 0.6 is 0 Å². The van der Waals surface area contributed by atoms with Gasteiger partial charge in [-0.15, -0.1) is 0 Å². The predicted molar refractivity (Wildman–Crippen MR) is 93.2 cm³/mol. The summed E-state index contributed by atoms with van der Waals surface area (Å²) in [6.45, 7) is 7.33. The number of fused-ring (bicyclic) bond motifs is 5. The molecular formula is C20H33BO2. The van der Waals surface area contributed by atoms with Crippen LogP contribution in [0.1, 0.15) is 72.1 Å². The van der Waals surface area contributed by atoms with Gasteiger partial charge in [-0.25, -0.2) is 0 Å². The van der Waals surface area contributed by atoms with Crippen LogP contribution < -0.4 is 0 Å². The summed E-state index contributed by atoms with van der Waals surface area (Å²) >= 11 is 0. The highest BCUT2D eigenvalue weighted by Crippen LogP contribution is 2.72. The molecule has 2 radical (unpaired) electrons. The van der Waals surface area contributed by atoms with Crippen molar-refractivity contribution in [2.75, 3.05) is 0 Å². The Balaban J connectivity index is 1.70. The first-order valence-corrected chi connectivity index (χ1v) is 9.83. The highest BCUT2D eigenvalue weighted by atomic mass is 16.3. The first-order chi connectivity index (χ1) is 10.7. The molecule has 0 aromatic rings. The number of hydrogen-bond acceptors (Lipinski definition) is 2. The van der Waals surface area contributed by atoms with E-state index in [1.807, 2.05) is 0 Å². The van der Waals surface area contributed by atoms with Crippen LogP contribution in [0.3, 0.4) is 0 Å². The van der Waals surface area contributed by atoms with E-state index in [1.165, 1.54) is 25.7 Å². The monoisotopic (exact) mass is 316 g/mol. The van der Waals surface area contributed by atoms with E-state index in [0.717, 1.165) is 31.6 Å². The maximum absolute atomic E-state index is 10.7. The third-order valence-corrected chi connectivity index (χ3v) is 9.28. The summed E-state index contributed by atoms with van der Waals surface area (Å²) in [5.41, 5.74) is 0.711. The van der Waals surface area contributed by atoms with Gasteiger partial charge in [-0.3, -0.25) is 0 Å². The molecule has 0 aromatic heterocycles. The lowest BCUT2D eigenvalue weighted by Gasteiger charge is -2.65. The van der Waals surface area contributed by atoms with Crippen molar-refractivity contribution in [2.45, 2.75) is 90.2 Å². The van der Waals surface area contributed by atoms with Crippen molar-refractivity contribution >= 4 is 7.85 Å². The summed E-state index contributed by atoms with van der Waals surface area (Å²) in [5, 5.41) is 20.9. The molecule has 0 aromatic carbocycles. The van der Waals surface area contributed by atoms with Gasteiger partial charge in [0.05, 0.1) is 20.1 Å². The molecule has 4 aliphatic carbocycles. The Labute approximate surface area is 142 Å². The molecule has 4 saturated carbocycles. The van der Waals surface area contributed by atoms with Gasteiger partial charge in [0.1, 0.15) is 0 Å². The van der Waals surface area contributed by atoms with E-state index in [0.29, 0.717) is 22.7 Å². The molecule has 0 aliphatic heterocycles. The summed E-state index contributed by atoms with van der Waals surface area (Å²) in [6, 6.07) is 0. The molecule has 3 heteroatoms. The van der Waals surface area contributed by atoms with Crippen LogP contribution in [-0.4, -0.2) is 30.3 Å². The van der Waals surface area contributed by atoms with Gasteiger partial charge in [0.2, 0.25) is 0 Å². The molecule has 4 aliphatic rings. The molecule has 0 spiro atoms. The maximum Gasteiger partial charge on any atom is 0.0735 e. The average Bonchev–Trinajstić information content (AvgIpc) is 2.73. The van der Waals surface area contributed by atoms with E-state index >= 15 is 0 Å². The average molecular weight is 316 g/mol. The van der Waals surface area contributed by atoms with Crippen molar-refractivity contribution in [3.63, 3.8) is 0 Å². The third kappa shape index (κ3) is 2.02. The molecule has 4 rings (SSSR count). The van der Waals surface area contributed by atoms with E-state index in [9.17, 15) is 10.2 Å². The largest absolute Gasteiger partial charge is 0.393 e. The quantitative estimate of drug-likeness (QED) is 0.669. The molecule has 0 bridgehead atoms. The zero-order valence-electron chi connectivity index (χ0n) is 15.1. The highest BCUT2D eigenvalue weighted by molar-refractivity contribution is 6.12. The fourth-order valence-corrected chi connectivity index (χ4v) is 7.96. The van der Waals surface area contributed by atoms with Gasteiger partial charge in [-0.05, 0) is 78.9 Å². The van der Waals surface area contributed by atoms with Crippen molar-refractivity contribution in [3.8, 4) is 0 Å². The van der Waals surface area contributed by atoms with Crippen molar-refractivity contribution in [2.24, 2.45) is 34.0 Å². The van der Waals surface area contributed by atoms with Crippen LogP contribution in [0.2, 0.25) is 5.82 Å². The Kier molecular flexibility index (Phi) is 3.58. The molecule has 1 unspecified atom stereocenters. The van der Waals surface area contributed by atoms with E-state index in [1.54, 1.807) is 0 Å². The summed E-state index contributed by atoms with van der Waals surface area (Å²) in [7, 11) is 6.30. The lowest BCUT2D eigenvalue weighted by molar-refractivity contribution is -0.179. The van der Waals surface area contributed by atoms with Crippen LogP contribution in [0.5, 0.6) is 0 Å². The first kappa shape index (κ1) is 16.5. The third-order valence-electron chi connectivity index (χ3n) is 9.28. The van der Waals surface area contributed by atoms with E-state index in [2.05, 4.69) is 20.8 Å². The van der Waals surface area contributed by atoms with Gasteiger partial charge in [0.25, 0.3) is 0 Å². The second-order valence-corrected chi connectivity index (χ2v) is 10.2. The lowest BCUT2D eigenvalue weighted by Crippen LogP contribution is -2.59. The zero-order valence-corrected chi connectivity index (χ0v) is 15.1. The predicted octanol–water partition coefficient (Wildman–Crippen LogP) is 3.71. The SMILES string of the molecule is [B][C@@H]1C[C@H]2[C@]3(C)CC[C@H]4C[C@@H](O)CC[C@]4(C)[C@H]3CC[C@]2(C)C1O. The summed E-state index contributed by atoms with van der Waals surface area (Å²) < 4.78 is 0. The van der Waals surface area contributed by atoms with E-state index in [-0.39, 0.29) is 23.4 Å². The van der Waals surface area contributed by atoms with Crippen LogP contribution in [0, 0.1) is 34.0 Å². The second kappa shape index (κ2) is 5.00. The summed E-state index contributed by atoms with van der Waals surface area (Å²) in [6.07, 6.45) is 8.61. The molecule has 2 nitrogen and oxygen atoms in total. The van der Waals surface area contributed by atoms with Gasteiger partial charge in [0, 0.05) is 0 Å². The zero-order chi connectivity index (χ0) is 16.6. The Morgan fingerprint density at radius 2 is 1.43 bits per heavy atom. The lowest BCUT2D eigenvalue weighted by atomic mass is 9.40. The van der Waals surface area contributed by atoms with Gasteiger partial charge in [-0.1, -0.05) is 33.0 Å². The van der Waals surface area contributed by atoms with Crippen LogP contribution in [0.15, 0.2) is 0 Å². The minimum Gasteiger partial charge on any atom is -0.393 e. The smallest absolute Gasteiger partial charge is 0.0735 e. The topological polar surface area (TPSA) is 40.5 Å². The fraction of sp³-hybridized carbons (Fsp3) is 1.00. The molecule has 23 heavy (non-hydrogen) atoms. The number of aliphatic hydroxyl groups is 2. The normalized spacial score (nSPS) is 62.3. The van der Waals surface area contributed by atoms with Crippen LogP contribution in [0.4, 0.5) is 0 Å². The van der Waals surface area contributed by atoms with E-state index < -0.39 is 0 Å². The Bertz CT molecular complexity index is 496. The Morgan fingerprint density at radius 3 is 2.17 bits per heavy atom. The van der Waals surface area contributed by atoms with Crippen molar-refractivity contribution in [3.05, 3.63) is 0 Å². The molecule has 0 saturated heterocycles. The van der Waals surface area contributed by atoms with Crippen molar-refractivity contribution in [1.29, 1.82) is 0 Å². The Hall–Kier alpha value is -0.0151. The minimum atomic E-state index is -0.330. The highest BCUT2D eigenvalue weighted by Gasteiger charge is 2.65. The molecular weight excluding hydrogens is 283 g/mol. The molecule has 4 fully saturated rings. The number of hydrogen-bond donors (Lipinski definition) is 2. The van der Waals surface area contributed by atoms with Gasteiger partial charge < -0.3 is 10.2 Å².